The van der Waals surface area contributed by atoms with Crippen LogP contribution in [0, 0.1) is 0 Å². The number of methoxy groups -OCH3 is 1. The minimum Gasteiger partial charge on any atom is -0.507 e. The number of benzene rings is 2. The van der Waals surface area contributed by atoms with Gasteiger partial charge >= 0.3 is 0 Å². The van der Waals surface area contributed by atoms with E-state index in [0.717, 1.165) is 6.42 Å². The highest BCUT2D eigenvalue weighted by molar-refractivity contribution is 6.46. The van der Waals surface area contributed by atoms with E-state index < -0.39 is 17.7 Å². The largest absolute Gasteiger partial charge is 0.507 e. The SMILES string of the molecule is CCCOc1ccc(C2/C(=C(\O)c3ccc(OCC)cc3)C(=O)C(=O)N2CCCOC)cc1OCC. The maximum absolute atomic E-state index is 13.2. The van der Waals surface area contributed by atoms with Crippen molar-refractivity contribution in [3.63, 3.8) is 0 Å². The summed E-state index contributed by atoms with van der Waals surface area (Å²) < 4.78 is 22.3. The number of amides is 1. The Labute approximate surface area is 212 Å². The highest BCUT2D eigenvalue weighted by Crippen LogP contribution is 2.42. The molecule has 1 atom stereocenters. The number of nitrogens with zero attached hydrogens (tertiary/aromatic N) is 1. The summed E-state index contributed by atoms with van der Waals surface area (Å²) in [5.41, 5.74) is 1.10. The van der Waals surface area contributed by atoms with E-state index in [-0.39, 0.29) is 11.3 Å². The monoisotopic (exact) mass is 497 g/mol. The van der Waals surface area contributed by atoms with Crippen molar-refractivity contribution in [2.45, 2.75) is 39.7 Å². The van der Waals surface area contributed by atoms with Crippen molar-refractivity contribution >= 4 is 17.4 Å². The number of hydrogen-bond acceptors (Lipinski definition) is 7. The highest BCUT2D eigenvalue weighted by Gasteiger charge is 2.46. The molecule has 0 bridgehead atoms. The summed E-state index contributed by atoms with van der Waals surface area (Å²) in [6.45, 7) is 7.97. The predicted molar refractivity (Wildman–Crippen MR) is 137 cm³/mol. The molecule has 1 heterocycles. The standard InChI is InChI=1S/C28H35NO7/c1-5-16-36-22-14-11-20(18-23(22)35-7-3)25-24(27(31)28(32)29(25)15-8-17-33-4)26(30)19-9-12-21(13-10-19)34-6-2/h9-14,18,25,30H,5-8,15-17H2,1-4H3/b26-24+. The maximum atomic E-state index is 13.2. The number of ether oxygens (including phenoxy) is 4. The van der Waals surface area contributed by atoms with Crippen LogP contribution in [0.15, 0.2) is 48.0 Å². The van der Waals surface area contributed by atoms with Gasteiger partial charge in [-0.05, 0) is 68.7 Å². The molecule has 0 radical (unpaired) electrons. The Morgan fingerprint density at radius 1 is 0.917 bits per heavy atom. The summed E-state index contributed by atoms with van der Waals surface area (Å²) in [4.78, 5) is 27.8. The number of aliphatic hydroxyl groups is 1. The fourth-order valence-corrected chi connectivity index (χ4v) is 4.16. The van der Waals surface area contributed by atoms with Gasteiger partial charge in [-0.2, -0.15) is 0 Å². The van der Waals surface area contributed by atoms with Crippen LogP contribution in [0.2, 0.25) is 0 Å². The van der Waals surface area contributed by atoms with E-state index in [1.165, 1.54) is 4.90 Å². The molecule has 8 heteroatoms. The molecule has 2 aromatic carbocycles. The van der Waals surface area contributed by atoms with Crippen LogP contribution in [-0.2, 0) is 14.3 Å². The number of carbonyl (C=O) groups excluding carboxylic acids is 2. The van der Waals surface area contributed by atoms with E-state index >= 15 is 0 Å². The van der Waals surface area contributed by atoms with E-state index in [1.807, 2.05) is 20.8 Å². The van der Waals surface area contributed by atoms with E-state index in [4.69, 9.17) is 18.9 Å². The Morgan fingerprint density at radius 3 is 2.28 bits per heavy atom. The van der Waals surface area contributed by atoms with Gasteiger partial charge in [0, 0.05) is 25.8 Å². The lowest BCUT2D eigenvalue weighted by Crippen LogP contribution is -2.31. The molecule has 0 saturated carbocycles. The summed E-state index contributed by atoms with van der Waals surface area (Å²) in [5.74, 6) is 0.132. The van der Waals surface area contributed by atoms with E-state index in [1.54, 1.807) is 49.6 Å². The van der Waals surface area contributed by atoms with Gasteiger partial charge in [0.25, 0.3) is 11.7 Å². The van der Waals surface area contributed by atoms with Crippen LogP contribution in [-0.4, -0.2) is 61.8 Å². The lowest BCUT2D eigenvalue weighted by Gasteiger charge is -2.26. The minimum atomic E-state index is -0.784. The molecular weight excluding hydrogens is 462 g/mol. The molecule has 1 amide bonds. The fraction of sp³-hybridized carbons (Fsp3) is 0.429. The van der Waals surface area contributed by atoms with Crippen molar-refractivity contribution in [1.29, 1.82) is 0 Å². The van der Waals surface area contributed by atoms with Gasteiger partial charge < -0.3 is 29.0 Å². The number of ketones is 1. The second-order valence-corrected chi connectivity index (χ2v) is 8.28. The first kappa shape index (κ1) is 27.1. The maximum Gasteiger partial charge on any atom is 0.295 e. The third kappa shape index (κ3) is 5.99. The molecule has 1 saturated heterocycles. The Morgan fingerprint density at radius 2 is 1.64 bits per heavy atom. The average molecular weight is 498 g/mol. The Hall–Kier alpha value is -3.52. The van der Waals surface area contributed by atoms with Crippen LogP contribution < -0.4 is 14.2 Å². The second-order valence-electron chi connectivity index (χ2n) is 8.28. The average Bonchev–Trinajstić information content (AvgIpc) is 3.13. The Bertz CT molecular complexity index is 1080. The smallest absolute Gasteiger partial charge is 0.295 e. The van der Waals surface area contributed by atoms with Gasteiger partial charge in [-0.1, -0.05) is 13.0 Å². The quantitative estimate of drug-likeness (QED) is 0.185. The lowest BCUT2D eigenvalue weighted by atomic mass is 9.95. The first-order valence-corrected chi connectivity index (χ1v) is 12.4. The zero-order valence-electron chi connectivity index (χ0n) is 21.4. The molecule has 3 rings (SSSR count). The van der Waals surface area contributed by atoms with Gasteiger partial charge in [0.1, 0.15) is 11.5 Å². The normalized spacial score (nSPS) is 16.9. The van der Waals surface area contributed by atoms with E-state index in [0.29, 0.717) is 67.8 Å². The van der Waals surface area contributed by atoms with Gasteiger partial charge in [-0.3, -0.25) is 9.59 Å². The second kappa shape index (κ2) is 13.0. The van der Waals surface area contributed by atoms with Crippen molar-refractivity contribution in [2.24, 2.45) is 0 Å². The zero-order valence-corrected chi connectivity index (χ0v) is 21.4. The molecule has 36 heavy (non-hydrogen) atoms. The fourth-order valence-electron chi connectivity index (χ4n) is 4.16. The lowest BCUT2D eigenvalue weighted by molar-refractivity contribution is -0.140. The number of Topliss-reactive ketones (excluding diaryl/α,β-unsaturated/α-hetero) is 1. The zero-order chi connectivity index (χ0) is 26.1. The first-order valence-electron chi connectivity index (χ1n) is 12.4. The molecule has 1 aliphatic rings. The van der Waals surface area contributed by atoms with Crippen molar-refractivity contribution in [2.75, 3.05) is 40.1 Å². The number of likely N-dealkylation sites (tertiary alicyclic amines) is 1. The van der Waals surface area contributed by atoms with Crippen LogP contribution in [0.5, 0.6) is 17.2 Å². The van der Waals surface area contributed by atoms with E-state index in [9.17, 15) is 14.7 Å². The first-order chi connectivity index (χ1) is 17.5. The van der Waals surface area contributed by atoms with Crippen LogP contribution >= 0.6 is 0 Å². The van der Waals surface area contributed by atoms with Crippen LogP contribution in [0.1, 0.15) is 50.8 Å². The van der Waals surface area contributed by atoms with Crippen molar-refractivity contribution < 1.29 is 33.6 Å². The van der Waals surface area contributed by atoms with Crippen molar-refractivity contribution in [3.8, 4) is 17.2 Å². The molecule has 1 fully saturated rings. The molecule has 194 valence electrons. The highest BCUT2D eigenvalue weighted by atomic mass is 16.5. The van der Waals surface area contributed by atoms with Crippen LogP contribution in [0.3, 0.4) is 0 Å². The Kier molecular flexibility index (Phi) is 9.76. The van der Waals surface area contributed by atoms with Crippen molar-refractivity contribution in [1.82, 2.24) is 4.90 Å². The van der Waals surface area contributed by atoms with Gasteiger partial charge in [0.2, 0.25) is 0 Å². The van der Waals surface area contributed by atoms with Crippen LogP contribution in [0.4, 0.5) is 0 Å². The van der Waals surface area contributed by atoms with Gasteiger partial charge in [-0.15, -0.1) is 0 Å². The van der Waals surface area contributed by atoms with Gasteiger partial charge in [0.15, 0.2) is 11.5 Å². The van der Waals surface area contributed by atoms with Crippen molar-refractivity contribution in [3.05, 3.63) is 59.2 Å². The summed E-state index contributed by atoms with van der Waals surface area (Å²) >= 11 is 0. The van der Waals surface area contributed by atoms with Gasteiger partial charge in [-0.25, -0.2) is 0 Å². The molecule has 8 nitrogen and oxygen atoms in total. The third-order valence-corrected chi connectivity index (χ3v) is 5.77. The minimum absolute atomic E-state index is 0.0336. The summed E-state index contributed by atoms with van der Waals surface area (Å²) in [5, 5.41) is 11.3. The molecule has 0 spiro atoms. The summed E-state index contributed by atoms with van der Waals surface area (Å²) in [7, 11) is 1.58. The molecular formula is C28H35NO7. The topological polar surface area (TPSA) is 94.5 Å². The predicted octanol–water partition coefficient (Wildman–Crippen LogP) is 4.73. The van der Waals surface area contributed by atoms with E-state index in [2.05, 4.69) is 0 Å². The number of carbonyl (C=O) groups is 2. The van der Waals surface area contributed by atoms with Crippen LogP contribution in [0.25, 0.3) is 5.76 Å². The number of rotatable bonds is 13. The number of aliphatic hydroxyl groups excluding tert-OH is 1. The molecule has 2 aromatic rings. The van der Waals surface area contributed by atoms with Gasteiger partial charge in [0.05, 0.1) is 31.4 Å². The summed E-state index contributed by atoms with van der Waals surface area (Å²) in [6, 6.07) is 11.4. The molecule has 0 aromatic heterocycles. The molecule has 1 aliphatic heterocycles. The third-order valence-electron chi connectivity index (χ3n) is 5.77. The number of hydrogen-bond donors (Lipinski definition) is 1. The molecule has 1 unspecified atom stereocenters. The Balaban J connectivity index is 2.11. The molecule has 0 aliphatic carbocycles. The summed E-state index contributed by atoms with van der Waals surface area (Å²) in [6.07, 6.45) is 1.38. The molecule has 1 N–H and O–H groups in total.